The Hall–Kier alpha value is -2.25. The van der Waals surface area contributed by atoms with Crippen LogP contribution in [0.3, 0.4) is 0 Å². The second-order valence-corrected chi connectivity index (χ2v) is 7.12. The molecule has 4 nitrogen and oxygen atoms in total. The molecule has 2 aromatic rings. The number of hydrogen-bond donors (Lipinski definition) is 1. The number of rotatable bonds is 4. The van der Waals surface area contributed by atoms with Gasteiger partial charge in [0.25, 0.3) is 0 Å². The maximum atomic E-state index is 12.9. The van der Waals surface area contributed by atoms with Gasteiger partial charge < -0.3 is 10.2 Å². The predicted octanol–water partition coefficient (Wildman–Crippen LogP) is 4.51. The maximum Gasteiger partial charge on any atom is 0.416 e. The number of hydrogen-bond acceptors (Lipinski definition) is 3. The Morgan fingerprint density at radius 1 is 1.07 bits per heavy atom. The lowest BCUT2D eigenvalue weighted by Crippen LogP contribution is -2.52. The summed E-state index contributed by atoms with van der Waals surface area (Å²) in [6, 6.07) is 12.0. The number of carbonyl (C=O) groups excluding carboxylic acids is 1. The van der Waals surface area contributed by atoms with Crippen molar-refractivity contribution in [2.45, 2.75) is 19.1 Å². The van der Waals surface area contributed by atoms with E-state index in [4.69, 9.17) is 11.6 Å². The molecule has 0 spiro atoms. The normalized spacial score (nSPS) is 16.7. The third kappa shape index (κ3) is 4.77. The first-order valence-electron chi connectivity index (χ1n) is 8.97. The quantitative estimate of drug-likeness (QED) is 0.804. The van der Waals surface area contributed by atoms with E-state index in [2.05, 4.69) is 5.32 Å². The molecule has 1 N–H and O–H groups in total. The van der Waals surface area contributed by atoms with Gasteiger partial charge in [-0.3, -0.25) is 9.69 Å². The van der Waals surface area contributed by atoms with Crippen LogP contribution in [0.4, 0.5) is 24.5 Å². The van der Waals surface area contributed by atoms with E-state index in [-0.39, 0.29) is 11.9 Å². The number of piperazine rings is 1. The van der Waals surface area contributed by atoms with Crippen LogP contribution in [0.1, 0.15) is 12.5 Å². The van der Waals surface area contributed by atoms with Crippen molar-refractivity contribution < 1.29 is 18.0 Å². The predicted molar refractivity (Wildman–Crippen MR) is 105 cm³/mol. The highest BCUT2D eigenvalue weighted by atomic mass is 35.5. The smallest absolute Gasteiger partial charge is 0.369 e. The summed E-state index contributed by atoms with van der Waals surface area (Å²) < 4.78 is 38.8. The molecule has 0 aliphatic carbocycles. The van der Waals surface area contributed by atoms with Crippen molar-refractivity contribution in [1.29, 1.82) is 0 Å². The fourth-order valence-corrected chi connectivity index (χ4v) is 3.39. The van der Waals surface area contributed by atoms with Gasteiger partial charge in [-0.25, -0.2) is 0 Å². The number of carbonyl (C=O) groups is 1. The number of nitrogens with one attached hydrogen (secondary N) is 1. The number of amides is 1. The third-order valence-corrected chi connectivity index (χ3v) is 5.24. The van der Waals surface area contributed by atoms with Crippen molar-refractivity contribution in [3.63, 3.8) is 0 Å². The molecule has 1 saturated heterocycles. The number of para-hydroxylation sites is 1. The van der Waals surface area contributed by atoms with Gasteiger partial charge in [0.2, 0.25) is 5.91 Å². The van der Waals surface area contributed by atoms with Gasteiger partial charge in [0, 0.05) is 31.9 Å². The standard InChI is InChI=1S/C20H21ClF3N3O/c1-14(19(28)25-18-8-3-2-7-17(18)21)26-9-11-27(12-10-26)16-6-4-5-15(13-16)20(22,23)24/h2-8,13-14H,9-12H2,1H3,(H,25,28)/t14-/m0/s1. The van der Waals surface area contributed by atoms with E-state index in [0.717, 1.165) is 6.07 Å². The molecule has 1 aliphatic rings. The van der Waals surface area contributed by atoms with E-state index >= 15 is 0 Å². The van der Waals surface area contributed by atoms with E-state index in [0.29, 0.717) is 42.6 Å². The molecule has 2 aromatic carbocycles. The van der Waals surface area contributed by atoms with Crippen LogP contribution in [0.25, 0.3) is 0 Å². The van der Waals surface area contributed by atoms with Crippen molar-refractivity contribution in [2.75, 3.05) is 36.4 Å². The highest BCUT2D eigenvalue weighted by Gasteiger charge is 2.31. The molecule has 1 heterocycles. The molecule has 1 atom stereocenters. The molecular weight excluding hydrogens is 391 g/mol. The van der Waals surface area contributed by atoms with E-state index in [1.165, 1.54) is 12.1 Å². The first-order chi connectivity index (χ1) is 13.3. The summed E-state index contributed by atoms with van der Waals surface area (Å²) in [4.78, 5) is 16.4. The van der Waals surface area contributed by atoms with Crippen LogP contribution < -0.4 is 10.2 Å². The Kier molecular flexibility index (Phi) is 6.15. The molecule has 3 rings (SSSR count). The summed E-state index contributed by atoms with van der Waals surface area (Å²) >= 11 is 6.08. The number of nitrogens with zero attached hydrogens (tertiary/aromatic N) is 2. The van der Waals surface area contributed by atoms with Crippen LogP contribution in [0.2, 0.25) is 5.02 Å². The SMILES string of the molecule is C[C@@H](C(=O)Nc1ccccc1Cl)N1CCN(c2cccc(C(F)(F)F)c2)CC1. The molecule has 0 saturated carbocycles. The van der Waals surface area contributed by atoms with E-state index in [9.17, 15) is 18.0 Å². The zero-order valence-electron chi connectivity index (χ0n) is 15.3. The van der Waals surface area contributed by atoms with Crippen LogP contribution in [0, 0.1) is 0 Å². The zero-order chi connectivity index (χ0) is 20.3. The van der Waals surface area contributed by atoms with Gasteiger partial charge >= 0.3 is 6.18 Å². The van der Waals surface area contributed by atoms with Crippen molar-refractivity contribution in [3.05, 3.63) is 59.1 Å². The summed E-state index contributed by atoms with van der Waals surface area (Å²) in [6.07, 6.45) is -4.36. The molecule has 0 bridgehead atoms. The first kappa shape index (κ1) is 20.5. The highest BCUT2D eigenvalue weighted by Crippen LogP contribution is 2.32. The second-order valence-electron chi connectivity index (χ2n) is 6.72. The van der Waals surface area contributed by atoms with Crippen LogP contribution in [0.15, 0.2) is 48.5 Å². The number of halogens is 4. The minimum atomic E-state index is -4.36. The van der Waals surface area contributed by atoms with Crippen LogP contribution in [-0.4, -0.2) is 43.0 Å². The topological polar surface area (TPSA) is 35.6 Å². The molecule has 1 amide bonds. The molecule has 1 aliphatic heterocycles. The monoisotopic (exact) mass is 411 g/mol. The number of anilines is 2. The van der Waals surface area contributed by atoms with Gasteiger partial charge in [-0.2, -0.15) is 13.2 Å². The molecule has 0 aromatic heterocycles. The Morgan fingerprint density at radius 3 is 2.39 bits per heavy atom. The molecule has 0 unspecified atom stereocenters. The summed E-state index contributed by atoms with van der Waals surface area (Å²) in [5, 5.41) is 3.29. The van der Waals surface area contributed by atoms with Crippen molar-refractivity contribution in [3.8, 4) is 0 Å². The lowest BCUT2D eigenvalue weighted by molar-refractivity contribution is -0.137. The van der Waals surface area contributed by atoms with Gasteiger partial charge in [-0.15, -0.1) is 0 Å². The second kappa shape index (κ2) is 8.41. The van der Waals surface area contributed by atoms with Crippen molar-refractivity contribution in [1.82, 2.24) is 4.90 Å². The Morgan fingerprint density at radius 2 is 1.75 bits per heavy atom. The average Bonchev–Trinajstić information content (AvgIpc) is 2.69. The average molecular weight is 412 g/mol. The Labute approximate surface area is 166 Å². The van der Waals surface area contributed by atoms with Gasteiger partial charge in [0.05, 0.1) is 22.3 Å². The lowest BCUT2D eigenvalue weighted by atomic mass is 10.1. The molecule has 1 fully saturated rings. The first-order valence-corrected chi connectivity index (χ1v) is 9.35. The number of alkyl halides is 3. The summed E-state index contributed by atoms with van der Waals surface area (Å²) in [5.41, 5.74) is 0.450. The lowest BCUT2D eigenvalue weighted by Gasteiger charge is -2.38. The van der Waals surface area contributed by atoms with Crippen LogP contribution >= 0.6 is 11.6 Å². The Balaban J connectivity index is 1.59. The number of benzene rings is 2. The minimum Gasteiger partial charge on any atom is -0.369 e. The fourth-order valence-electron chi connectivity index (χ4n) is 3.21. The molecule has 28 heavy (non-hydrogen) atoms. The van der Waals surface area contributed by atoms with Crippen molar-refractivity contribution >= 4 is 28.9 Å². The summed E-state index contributed by atoms with van der Waals surface area (Å²) in [7, 11) is 0. The van der Waals surface area contributed by atoms with Gasteiger partial charge in [-0.05, 0) is 37.3 Å². The largest absolute Gasteiger partial charge is 0.416 e. The van der Waals surface area contributed by atoms with E-state index in [1.807, 2.05) is 16.7 Å². The third-order valence-electron chi connectivity index (χ3n) is 4.91. The molecule has 150 valence electrons. The van der Waals surface area contributed by atoms with E-state index in [1.54, 1.807) is 30.3 Å². The van der Waals surface area contributed by atoms with E-state index < -0.39 is 11.7 Å². The van der Waals surface area contributed by atoms with Crippen molar-refractivity contribution in [2.24, 2.45) is 0 Å². The molecule has 8 heteroatoms. The summed E-state index contributed by atoms with van der Waals surface area (Å²) in [6.45, 7) is 4.06. The van der Waals surface area contributed by atoms with Gasteiger partial charge in [-0.1, -0.05) is 29.8 Å². The zero-order valence-corrected chi connectivity index (χ0v) is 16.1. The highest BCUT2D eigenvalue weighted by molar-refractivity contribution is 6.33. The Bertz CT molecular complexity index is 835. The maximum absolute atomic E-state index is 12.9. The molecular formula is C20H21ClF3N3O. The molecule has 0 radical (unpaired) electrons. The fraction of sp³-hybridized carbons (Fsp3) is 0.350. The van der Waals surface area contributed by atoms with Gasteiger partial charge in [0.1, 0.15) is 0 Å². The summed E-state index contributed by atoms with van der Waals surface area (Å²) in [5.74, 6) is -0.166. The van der Waals surface area contributed by atoms with Crippen LogP contribution in [-0.2, 0) is 11.0 Å². The minimum absolute atomic E-state index is 0.166. The van der Waals surface area contributed by atoms with Crippen LogP contribution in [0.5, 0.6) is 0 Å². The van der Waals surface area contributed by atoms with Gasteiger partial charge in [0.15, 0.2) is 0 Å².